The minimum Gasteiger partial charge on any atom is -0.341 e. The Hall–Kier alpha value is -1.56. The molecule has 1 N–H and O–H groups in total. The first-order chi connectivity index (χ1) is 9.19. The number of unbranched alkanes of at least 4 members (excludes halogenated alkanes) is 1. The Labute approximate surface area is 116 Å². The first-order valence-corrected chi connectivity index (χ1v) is 7.02. The summed E-state index contributed by atoms with van der Waals surface area (Å²) in [5, 5.41) is 2.99. The molecule has 0 saturated heterocycles. The molecular formula is C12H18ClN5O. The highest BCUT2D eigenvalue weighted by Gasteiger charge is 2.12. The van der Waals surface area contributed by atoms with Gasteiger partial charge < -0.3 is 4.90 Å². The summed E-state index contributed by atoms with van der Waals surface area (Å²) in [6, 6.07) is 1.42. The molecule has 0 atom stereocenters. The monoisotopic (exact) mass is 283 g/mol. The minimum atomic E-state index is -0.189. The number of alkyl halides is 1. The predicted molar refractivity (Wildman–Crippen MR) is 76.0 cm³/mol. The zero-order valence-electron chi connectivity index (χ0n) is 11.2. The number of aromatic amines is 1. The Balaban J connectivity index is 2.39. The van der Waals surface area contributed by atoms with Gasteiger partial charge in [0.15, 0.2) is 0 Å². The average molecular weight is 284 g/mol. The fraction of sp³-hybridized carbons (Fsp3) is 0.583. The van der Waals surface area contributed by atoms with Crippen LogP contribution < -0.4 is 10.5 Å². The zero-order chi connectivity index (χ0) is 13.8. The highest BCUT2D eigenvalue weighted by Crippen LogP contribution is 2.10. The number of hydrogen-bond donors (Lipinski definition) is 1. The van der Waals surface area contributed by atoms with Crippen molar-refractivity contribution < 1.29 is 0 Å². The fourth-order valence-corrected chi connectivity index (χ4v) is 2.03. The molecule has 2 aromatic heterocycles. The van der Waals surface area contributed by atoms with Gasteiger partial charge in [0.2, 0.25) is 5.95 Å². The largest absolute Gasteiger partial charge is 0.341 e. The van der Waals surface area contributed by atoms with Crippen molar-refractivity contribution in [2.45, 2.75) is 32.6 Å². The van der Waals surface area contributed by atoms with Crippen molar-refractivity contribution in [2.75, 3.05) is 18.0 Å². The lowest BCUT2D eigenvalue weighted by atomic mass is 10.3. The summed E-state index contributed by atoms with van der Waals surface area (Å²) in [6.07, 6.45) is 2.20. The van der Waals surface area contributed by atoms with Crippen molar-refractivity contribution in [1.82, 2.24) is 19.6 Å². The summed E-state index contributed by atoms with van der Waals surface area (Å²) in [4.78, 5) is 22.6. The minimum absolute atomic E-state index is 0.189. The summed E-state index contributed by atoms with van der Waals surface area (Å²) in [7, 11) is 0. The summed E-state index contributed by atoms with van der Waals surface area (Å²) >= 11 is 5.71. The second-order valence-electron chi connectivity index (χ2n) is 4.34. The van der Waals surface area contributed by atoms with E-state index in [0.717, 1.165) is 25.9 Å². The lowest BCUT2D eigenvalue weighted by Crippen LogP contribution is -2.25. The summed E-state index contributed by atoms with van der Waals surface area (Å²) in [5.74, 6) is 1.25. The molecule has 2 heterocycles. The van der Waals surface area contributed by atoms with Gasteiger partial charge in [0.25, 0.3) is 11.3 Å². The molecule has 104 valence electrons. The molecule has 0 saturated carbocycles. The number of hydrogen-bond acceptors (Lipinski definition) is 4. The molecule has 7 heteroatoms. The number of halogens is 1. The maximum absolute atomic E-state index is 11.9. The van der Waals surface area contributed by atoms with Gasteiger partial charge in [-0.15, -0.1) is 11.6 Å². The highest BCUT2D eigenvalue weighted by molar-refractivity contribution is 6.16. The topological polar surface area (TPSA) is 66.3 Å². The Morgan fingerprint density at radius 3 is 2.84 bits per heavy atom. The standard InChI is InChI=1S/C12H18ClN5O/c1-3-5-6-17(4-2)12-15-11-14-9(8-13)7-10(19)18(11)16-12/h7H,3-6,8H2,1-2H3,(H,14,15,16). The Morgan fingerprint density at radius 2 is 2.21 bits per heavy atom. The predicted octanol–water partition coefficient (Wildman–Crippen LogP) is 1.78. The van der Waals surface area contributed by atoms with Gasteiger partial charge in [0, 0.05) is 19.2 Å². The van der Waals surface area contributed by atoms with Crippen molar-refractivity contribution in [3.8, 4) is 0 Å². The van der Waals surface area contributed by atoms with Crippen LogP contribution in [0.4, 0.5) is 5.95 Å². The molecule has 0 amide bonds. The van der Waals surface area contributed by atoms with Gasteiger partial charge in [0.05, 0.1) is 11.6 Å². The van der Waals surface area contributed by atoms with Crippen LogP contribution in [0.5, 0.6) is 0 Å². The number of nitrogens with zero attached hydrogens (tertiary/aromatic N) is 4. The Morgan fingerprint density at radius 1 is 1.42 bits per heavy atom. The van der Waals surface area contributed by atoms with Gasteiger partial charge in [-0.1, -0.05) is 13.3 Å². The first-order valence-electron chi connectivity index (χ1n) is 6.49. The second kappa shape index (κ2) is 6.06. The van der Waals surface area contributed by atoms with E-state index in [1.165, 1.54) is 10.6 Å². The van der Waals surface area contributed by atoms with Crippen LogP contribution in [0, 0.1) is 0 Å². The van der Waals surface area contributed by atoms with Gasteiger partial charge in [-0.25, -0.2) is 4.98 Å². The van der Waals surface area contributed by atoms with Crippen LogP contribution in [0.15, 0.2) is 10.9 Å². The van der Waals surface area contributed by atoms with E-state index >= 15 is 0 Å². The van der Waals surface area contributed by atoms with E-state index in [0.29, 0.717) is 17.4 Å². The molecule has 6 nitrogen and oxygen atoms in total. The van der Waals surface area contributed by atoms with Gasteiger partial charge in [-0.3, -0.25) is 9.89 Å². The van der Waals surface area contributed by atoms with Crippen LogP contribution in [-0.4, -0.2) is 32.7 Å². The quantitative estimate of drug-likeness (QED) is 0.821. The van der Waals surface area contributed by atoms with Crippen molar-refractivity contribution in [3.63, 3.8) is 0 Å². The molecule has 0 aliphatic heterocycles. The third-order valence-electron chi connectivity index (χ3n) is 2.97. The van der Waals surface area contributed by atoms with Crippen molar-refractivity contribution >= 4 is 23.3 Å². The highest BCUT2D eigenvalue weighted by atomic mass is 35.5. The third kappa shape index (κ3) is 2.89. The molecule has 0 aromatic carbocycles. The SMILES string of the molecule is CCCCN(CC)c1nc2nc(CCl)cc(=O)n2[nH]1. The first kappa shape index (κ1) is 13.9. The molecule has 2 aromatic rings. The maximum Gasteiger partial charge on any atom is 0.274 e. The van der Waals surface area contributed by atoms with Crippen molar-refractivity contribution in [2.24, 2.45) is 0 Å². The van der Waals surface area contributed by atoms with Crippen LogP contribution in [0.2, 0.25) is 0 Å². The van der Waals surface area contributed by atoms with Gasteiger partial charge >= 0.3 is 0 Å². The van der Waals surface area contributed by atoms with E-state index in [2.05, 4.69) is 33.8 Å². The zero-order valence-corrected chi connectivity index (χ0v) is 11.9. The normalized spacial score (nSPS) is 11.1. The number of H-pyrrole nitrogens is 1. The smallest absolute Gasteiger partial charge is 0.274 e. The molecule has 0 aliphatic rings. The van der Waals surface area contributed by atoms with Crippen LogP contribution in [0.25, 0.3) is 5.78 Å². The van der Waals surface area contributed by atoms with E-state index in [-0.39, 0.29) is 11.4 Å². The van der Waals surface area contributed by atoms with Crippen molar-refractivity contribution in [1.29, 1.82) is 0 Å². The molecule has 0 fully saturated rings. The van der Waals surface area contributed by atoms with Gasteiger partial charge in [-0.2, -0.15) is 9.50 Å². The van der Waals surface area contributed by atoms with E-state index in [9.17, 15) is 4.79 Å². The van der Waals surface area contributed by atoms with E-state index < -0.39 is 0 Å². The maximum atomic E-state index is 11.9. The number of fused-ring (bicyclic) bond motifs is 1. The van der Waals surface area contributed by atoms with Crippen LogP contribution in [0.1, 0.15) is 32.4 Å². The summed E-state index contributed by atoms with van der Waals surface area (Å²) in [5.41, 5.74) is 0.354. The van der Waals surface area contributed by atoms with Gasteiger partial charge in [-0.05, 0) is 13.3 Å². The third-order valence-corrected chi connectivity index (χ3v) is 3.25. The molecular weight excluding hydrogens is 266 g/mol. The average Bonchev–Trinajstić information content (AvgIpc) is 2.84. The molecule has 0 bridgehead atoms. The molecule has 0 aliphatic carbocycles. The van der Waals surface area contributed by atoms with E-state index in [1.807, 2.05) is 0 Å². The molecule has 0 spiro atoms. The number of aromatic nitrogens is 4. The molecule has 19 heavy (non-hydrogen) atoms. The van der Waals surface area contributed by atoms with E-state index in [1.54, 1.807) is 0 Å². The van der Waals surface area contributed by atoms with Crippen molar-refractivity contribution in [3.05, 3.63) is 22.1 Å². The van der Waals surface area contributed by atoms with Crippen LogP contribution in [-0.2, 0) is 5.88 Å². The fourth-order valence-electron chi connectivity index (χ4n) is 1.89. The lowest BCUT2D eigenvalue weighted by Gasteiger charge is -2.18. The molecule has 2 rings (SSSR count). The number of nitrogens with one attached hydrogen (secondary N) is 1. The van der Waals surface area contributed by atoms with E-state index in [4.69, 9.17) is 11.6 Å². The summed E-state index contributed by atoms with van der Waals surface area (Å²) in [6.45, 7) is 5.94. The second-order valence-corrected chi connectivity index (χ2v) is 4.60. The van der Waals surface area contributed by atoms with Crippen LogP contribution in [0.3, 0.4) is 0 Å². The molecule has 0 radical (unpaired) electrons. The summed E-state index contributed by atoms with van der Waals surface area (Å²) < 4.78 is 1.35. The Kier molecular flexibility index (Phi) is 4.42. The number of anilines is 1. The van der Waals surface area contributed by atoms with Crippen LogP contribution >= 0.6 is 11.6 Å². The van der Waals surface area contributed by atoms with Gasteiger partial charge in [0.1, 0.15) is 0 Å². The Bertz CT molecular complexity index is 606. The number of rotatable bonds is 6. The lowest BCUT2D eigenvalue weighted by molar-refractivity contribution is 0.711. The molecule has 0 unspecified atom stereocenters.